The van der Waals surface area contributed by atoms with E-state index in [1.54, 1.807) is 10.4 Å². The van der Waals surface area contributed by atoms with Gasteiger partial charge in [0.1, 0.15) is 0 Å². The zero-order valence-corrected chi connectivity index (χ0v) is 11.5. The predicted molar refractivity (Wildman–Crippen MR) is 72.3 cm³/mol. The van der Waals surface area contributed by atoms with Gasteiger partial charge in [0.05, 0.1) is 0 Å². The summed E-state index contributed by atoms with van der Waals surface area (Å²) in [5, 5.41) is 3.73. The fourth-order valence-corrected chi connectivity index (χ4v) is 3.79. The van der Waals surface area contributed by atoms with E-state index in [1.807, 2.05) is 11.3 Å². The van der Waals surface area contributed by atoms with E-state index in [4.69, 9.17) is 0 Å². The molecule has 0 saturated heterocycles. The minimum Gasteiger partial charge on any atom is -0.307 e. The maximum Gasteiger partial charge on any atom is 0.0388 e. The Morgan fingerprint density at radius 3 is 2.69 bits per heavy atom. The highest BCUT2D eigenvalue weighted by Gasteiger charge is 2.18. The van der Waals surface area contributed by atoms with E-state index in [9.17, 15) is 0 Å². The lowest BCUT2D eigenvalue weighted by atomic mass is 10.1. The summed E-state index contributed by atoms with van der Waals surface area (Å²) in [7, 11) is 0. The van der Waals surface area contributed by atoms with Gasteiger partial charge in [-0.3, -0.25) is 0 Å². The van der Waals surface area contributed by atoms with Gasteiger partial charge in [0.25, 0.3) is 0 Å². The fraction of sp³-hybridized carbons (Fsp3) is 0.714. The predicted octanol–water partition coefficient (Wildman–Crippen LogP) is 4.08. The van der Waals surface area contributed by atoms with Crippen LogP contribution >= 0.6 is 11.3 Å². The Bertz CT molecular complexity index is 317. The zero-order chi connectivity index (χ0) is 11.5. The lowest BCUT2D eigenvalue weighted by molar-refractivity contribution is 0.436. The first-order valence-electron chi connectivity index (χ1n) is 6.62. The third kappa shape index (κ3) is 2.49. The summed E-state index contributed by atoms with van der Waals surface area (Å²) in [5.74, 6) is 0. The number of thiophene rings is 1. The lowest BCUT2D eigenvalue weighted by Gasteiger charge is -2.20. The molecule has 0 bridgehead atoms. The molecule has 90 valence electrons. The Morgan fingerprint density at radius 1 is 1.31 bits per heavy atom. The van der Waals surface area contributed by atoms with Gasteiger partial charge >= 0.3 is 0 Å². The quantitative estimate of drug-likeness (QED) is 0.814. The molecule has 0 fully saturated rings. The maximum atomic E-state index is 3.73. The van der Waals surface area contributed by atoms with Crippen molar-refractivity contribution >= 4 is 11.3 Å². The Hall–Kier alpha value is -0.340. The average Bonchev–Trinajstić information content (AvgIpc) is 2.85. The highest BCUT2D eigenvalue weighted by molar-refractivity contribution is 7.12. The number of hydrogen-bond acceptors (Lipinski definition) is 2. The number of hydrogen-bond donors (Lipinski definition) is 1. The van der Waals surface area contributed by atoms with Gasteiger partial charge in [-0.05, 0) is 50.7 Å². The smallest absolute Gasteiger partial charge is 0.0388 e. The van der Waals surface area contributed by atoms with Crippen molar-refractivity contribution in [3.8, 4) is 0 Å². The largest absolute Gasteiger partial charge is 0.307 e. The van der Waals surface area contributed by atoms with Crippen molar-refractivity contribution in [2.75, 3.05) is 0 Å². The molecule has 1 nitrogen and oxygen atoms in total. The molecule has 0 aliphatic heterocycles. The van der Waals surface area contributed by atoms with Crippen LogP contribution in [0.5, 0.6) is 0 Å². The van der Waals surface area contributed by atoms with E-state index < -0.39 is 0 Å². The van der Waals surface area contributed by atoms with Crippen LogP contribution in [-0.2, 0) is 12.8 Å². The van der Waals surface area contributed by atoms with Gasteiger partial charge in [0, 0.05) is 21.8 Å². The number of aryl methyl sites for hydroxylation is 2. The Balaban J connectivity index is 2.00. The van der Waals surface area contributed by atoms with E-state index in [0.717, 1.165) is 0 Å². The van der Waals surface area contributed by atoms with Crippen LogP contribution in [0.25, 0.3) is 0 Å². The van der Waals surface area contributed by atoms with Gasteiger partial charge in [-0.2, -0.15) is 0 Å². The molecule has 0 radical (unpaired) electrons. The Labute approximate surface area is 103 Å². The van der Waals surface area contributed by atoms with Crippen molar-refractivity contribution in [2.24, 2.45) is 0 Å². The first kappa shape index (κ1) is 12.1. The third-order valence-corrected chi connectivity index (χ3v) is 5.08. The van der Waals surface area contributed by atoms with Crippen LogP contribution in [0.15, 0.2) is 6.07 Å². The van der Waals surface area contributed by atoms with Gasteiger partial charge < -0.3 is 5.32 Å². The number of fused-ring (bicyclic) bond motifs is 1. The summed E-state index contributed by atoms with van der Waals surface area (Å²) in [6.45, 7) is 6.84. The summed E-state index contributed by atoms with van der Waals surface area (Å²) >= 11 is 2.03. The van der Waals surface area contributed by atoms with Crippen LogP contribution in [-0.4, -0.2) is 6.04 Å². The monoisotopic (exact) mass is 237 g/mol. The van der Waals surface area contributed by atoms with Crippen LogP contribution in [0.2, 0.25) is 0 Å². The summed E-state index contributed by atoms with van der Waals surface area (Å²) < 4.78 is 0. The van der Waals surface area contributed by atoms with Crippen molar-refractivity contribution in [2.45, 2.75) is 65.0 Å². The van der Waals surface area contributed by atoms with Crippen LogP contribution in [0, 0.1) is 0 Å². The molecule has 0 spiro atoms. The normalized spacial score (nSPS) is 16.8. The highest BCUT2D eigenvalue weighted by Crippen LogP contribution is 2.33. The van der Waals surface area contributed by atoms with Crippen LogP contribution in [0.4, 0.5) is 0 Å². The molecule has 0 aromatic carbocycles. The van der Waals surface area contributed by atoms with E-state index in [2.05, 4.69) is 32.2 Å². The first-order chi connectivity index (χ1) is 7.74. The third-order valence-electron chi connectivity index (χ3n) is 3.66. The molecule has 16 heavy (non-hydrogen) atoms. The zero-order valence-electron chi connectivity index (χ0n) is 10.7. The molecule has 1 N–H and O–H groups in total. The van der Waals surface area contributed by atoms with E-state index in [0.29, 0.717) is 12.1 Å². The fourth-order valence-electron chi connectivity index (χ4n) is 2.53. The molecule has 1 aromatic rings. The van der Waals surface area contributed by atoms with Crippen LogP contribution in [0.3, 0.4) is 0 Å². The molecule has 2 heteroatoms. The van der Waals surface area contributed by atoms with Crippen molar-refractivity contribution < 1.29 is 0 Å². The topological polar surface area (TPSA) is 12.0 Å². The molecule has 1 unspecified atom stereocenters. The molecule has 0 amide bonds. The average molecular weight is 237 g/mol. The second-order valence-electron chi connectivity index (χ2n) is 4.85. The SMILES string of the molecule is CCC(CC)NC(C)c1cc2c(s1)CCC2. The molecule has 1 aromatic heterocycles. The minimum atomic E-state index is 0.528. The van der Waals surface area contributed by atoms with Crippen LogP contribution < -0.4 is 5.32 Å². The lowest BCUT2D eigenvalue weighted by Crippen LogP contribution is -2.29. The molecule has 1 aliphatic carbocycles. The van der Waals surface area contributed by atoms with Gasteiger partial charge in [-0.25, -0.2) is 0 Å². The molecule has 1 heterocycles. The molecule has 2 rings (SSSR count). The van der Waals surface area contributed by atoms with E-state index >= 15 is 0 Å². The van der Waals surface area contributed by atoms with E-state index in [-0.39, 0.29) is 0 Å². The summed E-state index contributed by atoms with van der Waals surface area (Å²) in [6, 6.07) is 3.64. The van der Waals surface area contributed by atoms with Crippen LogP contribution in [0.1, 0.15) is 61.4 Å². The second-order valence-corrected chi connectivity index (χ2v) is 6.02. The maximum absolute atomic E-state index is 3.73. The standard InChI is InChI=1S/C14H23NS/c1-4-12(5-2)15-10(3)14-9-11-7-6-8-13(11)16-14/h9-10,12,15H,4-8H2,1-3H3. The summed E-state index contributed by atoms with van der Waals surface area (Å²) in [6.07, 6.45) is 6.45. The molecule has 1 atom stereocenters. The second kappa shape index (κ2) is 5.33. The Morgan fingerprint density at radius 2 is 2.06 bits per heavy atom. The first-order valence-corrected chi connectivity index (χ1v) is 7.43. The Kier molecular flexibility index (Phi) is 4.04. The van der Waals surface area contributed by atoms with Gasteiger partial charge in [0.15, 0.2) is 0 Å². The highest BCUT2D eigenvalue weighted by atomic mass is 32.1. The van der Waals surface area contributed by atoms with E-state index in [1.165, 1.54) is 37.0 Å². The molecular weight excluding hydrogens is 214 g/mol. The molecule has 0 saturated carbocycles. The summed E-state index contributed by atoms with van der Waals surface area (Å²) in [5.41, 5.74) is 1.62. The summed E-state index contributed by atoms with van der Waals surface area (Å²) in [4.78, 5) is 3.18. The van der Waals surface area contributed by atoms with Crippen molar-refractivity contribution in [3.05, 3.63) is 21.4 Å². The number of nitrogens with one attached hydrogen (secondary N) is 1. The molecule has 1 aliphatic rings. The minimum absolute atomic E-state index is 0.528. The van der Waals surface area contributed by atoms with Gasteiger partial charge in [0.2, 0.25) is 0 Å². The van der Waals surface area contributed by atoms with Gasteiger partial charge in [-0.1, -0.05) is 13.8 Å². The molecular formula is C14H23NS. The van der Waals surface area contributed by atoms with Crippen molar-refractivity contribution in [1.82, 2.24) is 5.32 Å². The number of rotatable bonds is 5. The van der Waals surface area contributed by atoms with Crippen molar-refractivity contribution in [1.29, 1.82) is 0 Å². The van der Waals surface area contributed by atoms with Crippen molar-refractivity contribution in [3.63, 3.8) is 0 Å². The van der Waals surface area contributed by atoms with Gasteiger partial charge in [-0.15, -0.1) is 11.3 Å².